The molecule has 108 valence electrons. The highest BCUT2D eigenvalue weighted by Gasteiger charge is 1.96. The number of primary amides is 2. The van der Waals surface area contributed by atoms with Gasteiger partial charge in [-0.1, -0.05) is 6.92 Å². The zero-order valence-electron chi connectivity index (χ0n) is 11.4. The monoisotopic (exact) mass is 260 g/mol. The molecule has 0 aliphatic carbocycles. The number of nitrogens with two attached hydrogens (primary N) is 4. The summed E-state index contributed by atoms with van der Waals surface area (Å²) in [4.78, 5) is 20.3. The van der Waals surface area contributed by atoms with Crippen LogP contribution in [0.3, 0.4) is 0 Å². The molecule has 6 heteroatoms. The average Bonchev–Trinajstić information content (AvgIpc) is 2.32. The summed E-state index contributed by atoms with van der Waals surface area (Å²) < 4.78 is 0. The first-order valence-corrected chi connectivity index (χ1v) is 6.40. The second-order valence-corrected chi connectivity index (χ2v) is 4.41. The molecule has 0 aromatic carbocycles. The Bertz CT molecular complexity index is 206. The lowest BCUT2D eigenvalue weighted by atomic mass is 10.1. The van der Waals surface area contributed by atoms with Crippen LogP contribution in [0, 0.1) is 5.92 Å². The van der Waals surface area contributed by atoms with E-state index in [0.717, 1.165) is 19.5 Å². The van der Waals surface area contributed by atoms with Crippen LogP contribution in [0.1, 0.15) is 45.4 Å². The van der Waals surface area contributed by atoms with Crippen molar-refractivity contribution in [3.8, 4) is 0 Å². The third kappa shape index (κ3) is 20.3. The van der Waals surface area contributed by atoms with E-state index in [9.17, 15) is 9.59 Å². The van der Waals surface area contributed by atoms with Crippen molar-refractivity contribution in [2.24, 2.45) is 28.9 Å². The molecule has 0 aliphatic heterocycles. The Morgan fingerprint density at radius 3 is 1.67 bits per heavy atom. The Hall–Kier alpha value is -1.14. The van der Waals surface area contributed by atoms with Gasteiger partial charge in [-0.2, -0.15) is 0 Å². The minimum atomic E-state index is -0.329. The van der Waals surface area contributed by atoms with Gasteiger partial charge < -0.3 is 22.9 Å². The van der Waals surface area contributed by atoms with Crippen LogP contribution in [0.5, 0.6) is 0 Å². The molecule has 0 rings (SSSR count). The fourth-order valence-electron chi connectivity index (χ4n) is 1.18. The molecule has 0 aromatic rings. The van der Waals surface area contributed by atoms with Crippen LogP contribution in [0.15, 0.2) is 0 Å². The van der Waals surface area contributed by atoms with Crippen LogP contribution in [0.25, 0.3) is 0 Å². The summed E-state index contributed by atoms with van der Waals surface area (Å²) in [6, 6.07) is 0. The van der Waals surface area contributed by atoms with Crippen molar-refractivity contribution in [2.75, 3.05) is 13.1 Å². The Kier molecular flexibility index (Phi) is 14.9. The summed E-state index contributed by atoms with van der Waals surface area (Å²) in [6.07, 6.45) is 4.27. The second kappa shape index (κ2) is 13.9. The van der Waals surface area contributed by atoms with Crippen molar-refractivity contribution in [1.82, 2.24) is 0 Å². The summed E-state index contributed by atoms with van der Waals surface area (Å²) in [5, 5.41) is 0. The van der Waals surface area contributed by atoms with Crippen molar-refractivity contribution < 1.29 is 9.59 Å². The van der Waals surface area contributed by atoms with Gasteiger partial charge in [0.2, 0.25) is 11.8 Å². The second-order valence-electron chi connectivity index (χ2n) is 4.41. The molecule has 1 unspecified atom stereocenters. The van der Waals surface area contributed by atoms with Crippen molar-refractivity contribution in [1.29, 1.82) is 0 Å². The number of carbonyl (C=O) groups excluding carboxylic acids is 2. The highest BCUT2D eigenvalue weighted by molar-refractivity contribution is 5.74. The lowest BCUT2D eigenvalue weighted by Crippen LogP contribution is -2.12. The quantitative estimate of drug-likeness (QED) is 0.428. The zero-order chi connectivity index (χ0) is 14.4. The third-order valence-electron chi connectivity index (χ3n) is 2.40. The lowest BCUT2D eigenvalue weighted by Gasteiger charge is -2.04. The molecule has 0 saturated heterocycles. The van der Waals surface area contributed by atoms with Crippen molar-refractivity contribution in [3.05, 3.63) is 0 Å². The lowest BCUT2D eigenvalue weighted by molar-refractivity contribution is -0.119. The number of carbonyl (C=O) groups is 2. The number of unbranched alkanes of at least 4 members (excludes halogenated alkanes) is 1. The van der Waals surface area contributed by atoms with E-state index in [-0.39, 0.29) is 11.8 Å². The number of hydrogen-bond acceptors (Lipinski definition) is 4. The Morgan fingerprint density at radius 1 is 0.944 bits per heavy atom. The zero-order valence-corrected chi connectivity index (χ0v) is 11.4. The first-order valence-electron chi connectivity index (χ1n) is 6.40. The first kappa shape index (κ1) is 19.2. The van der Waals surface area contributed by atoms with E-state index < -0.39 is 0 Å². The normalized spacial score (nSPS) is 11.3. The molecular weight excluding hydrogens is 232 g/mol. The molecule has 2 amide bonds. The molecule has 0 spiro atoms. The largest absolute Gasteiger partial charge is 0.370 e. The average molecular weight is 260 g/mol. The van der Waals surface area contributed by atoms with Crippen molar-refractivity contribution in [2.45, 2.75) is 45.4 Å². The van der Waals surface area contributed by atoms with E-state index >= 15 is 0 Å². The van der Waals surface area contributed by atoms with E-state index in [4.69, 9.17) is 22.9 Å². The van der Waals surface area contributed by atoms with Crippen LogP contribution < -0.4 is 22.9 Å². The summed E-state index contributed by atoms with van der Waals surface area (Å²) in [7, 11) is 0. The van der Waals surface area contributed by atoms with Crippen LogP contribution in [0.2, 0.25) is 0 Å². The maximum absolute atomic E-state index is 10.2. The van der Waals surface area contributed by atoms with E-state index in [1.165, 1.54) is 6.42 Å². The molecule has 0 aromatic heterocycles. The van der Waals surface area contributed by atoms with Gasteiger partial charge in [-0.15, -0.1) is 0 Å². The number of rotatable bonds is 9. The third-order valence-corrected chi connectivity index (χ3v) is 2.40. The predicted molar refractivity (Wildman–Crippen MR) is 73.4 cm³/mol. The van der Waals surface area contributed by atoms with Crippen LogP contribution in [-0.4, -0.2) is 24.9 Å². The van der Waals surface area contributed by atoms with Crippen LogP contribution in [0.4, 0.5) is 0 Å². The van der Waals surface area contributed by atoms with Crippen LogP contribution in [-0.2, 0) is 9.59 Å². The topological polar surface area (TPSA) is 138 Å². The maximum Gasteiger partial charge on any atom is 0.217 e. The van der Waals surface area contributed by atoms with Gasteiger partial charge in [0.1, 0.15) is 0 Å². The fraction of sp³-hybridized carbons (Fsp3) is 0.833. The predicted octanol–water partition coefficient (Wildman–Crippen LogP) is -0.162. The Labute approximate surface area is 109 Å². The highest BCUT2D eigenvalue weighted by atomic mass is 16.1. The highest BCUT2D eigenvalue weighted by Crippen LogP contribution is 2.00. The SMILES string of the molecule is CC(CN)CCCN.NC(=O)CCCCC(N)=O. The summed E-state index contributed by atoms with van der Waals surface area (Å²) in [5.74, 6) is -0.00695. The minimum Gasteiger partial charge on any atom is -0.370 e. The van der Waals surface area contributed by atoms with Gasteiger partial charge in [0, 0.05) is 12.8 Å². The van der Waals surface area contributed by atoms with Gasteiger partial charge >= 0.3 is 0 Å². The maximum atomic E-state index is 10.2. The summed E-state index contributed by atoms with van der Waals surface area (Å²) >= 11 is 0. The van der Waals surface area contributed by atoms with E-state index in [1.807, 2.05) is 0 Å². The molecule has 0 heterocycles. The van der Waals surface area contributed by atoms with E-state index in [0.29, 0.717) is 31.6 Å². The van der Waals surface area contributed by atoms with Gasteiger partial charge in [0.05, 0.1) is 0 Å². The molecular formula is C12H28N4O2. The fourth-order valence-corrected chi connectivity index (χ4v) is 1.18. The summed E-state index contributed by atoms with van der Waals surface area (Å²) in [5.41, 5.74) is 20.4. The van der Waals surface area contributed by atoms with E-state index in [1.54, 1.807) is 0 Å². The van der Waals surface area contributed by atoms with Crippen molar-refractivity contribution in [3.63, 3.8) is 0 Å². The molecule has 0 fully saturated rings. The van der Waals surface area contributed by atoms with E-state index in [2.05, 4.69) is 6.92 Å². The van der Waals surface area contributed by atoms with Gasteiger partial charge in [0.15, 0.2) is 0 Å². The molecule has 0 aliphatic rings. The Morgan fingerprint density at radius 2 is 1.39 bits per heavy atom. The van der Waals surface area contributed by atoms with Gasteiger partial charge in [-0.05, 0) is 44.7 Å². The number of hydrogen-bond donors (Lipinski definition) is 4. The van der Waals surface area contributed by atoms with Crippen molar-refractivity contribution >= 4 is 11.8 Å². The molecule has 0 radical (unpaired) electrons. The Balaban J connectivity index is 0. The molecule has 8 N–H and O–H groups in total. The van der Waals surface area contributed by atoms with Gasteiger partial charge in [-0.3, -0.25) is 9.59 Å². The first-order chi connectivity index (χ1) is 8.43. The molecule has 1 atom stereocenters. The molecule has 0 saturated carbocycles. The minimum absolute atomic E-state index is 0.329. The number of amides is 2. The molecule has 18 heavy (non-hydrogen) atoms. The smallest absolute Gasteiger partial charge is 0.217 e. The van der Waals surface area contributed by atoms with Crippen LogP contribution >= 0.6 is 0 Å². The molecule has 0 bridgehead atoms. The summed E-state index contributed by atoms with van der Waals surface area (Å²) in [6.45, 7) is 3.74. The standard InChI is InChI=1S/C6H12N2O2.C6H16N2/c7-5(9)3-1-2-4-6(8)10;1-6(5-8)3-2-4-7/h1-4H2,(H2,7,9)(H2,8,10);6H,2-5,7-8H2,1H3. The van der Waals surface area contributed by atoms with Gasteiger partial charge in [-0.25, -0.2) is 0 Å². The molecule has 6 nitrogen and oxygen atoms in total. The van der Waals surface area contributed by atoms with Gasteiger partial charge in [0.25, 0.3) is 0 Å².